The summed E-state index contributed by atoms with van der Waals surface area (Å²) in [5.41, 5.74) is -1.17. The predicted molar refractivity (Wildman–Crippen MR) is 37.2 cm³/mol. The molecule has 0 amide bonds. The summed E-state index contributed by atoms with van der Waals surface area (Å²) in [7, 11) is 0. The van der Waals surface area contributed by atoms with E-state index < -0.39 is 30.3 Å². The predicted octanol–water partition coefficient (Wildman–Crippen LogP) is 3.57. The molecule has 0 aromatic rings. The maximum atomic E-state index is 12.0. The minimum absolute atomic E-state index is 0.648. The Kier molecular flexibility index (Phi) is 2.65. The molecule has 0 bridgehead atoms. The van der Waals surface area contributed by atoms with Crippen LogP contribution in [-0.4, -0.2) is 12.4 Å². The molecule has 79 valence electrons. The summed E-state index contributed by atoms with van der Waals surface area (Å²) < 4.78 is 72.1. The Labute approximate surface area is 75.9 Å². The first-order chi connectivity index (χ1) is 6.21. The molecule has 14 heavy (non-hydrogen) atoms. The van der Waals surface area contributed by atoms with Crippen LogP contribution in [-0.2, 0) is 0 Å². The van der Waals surface area contributed by atoms with E-state index in [1.165, 1.54) is 0 Å². The highest BCUT2D eigenvalue weighted by molar-refractivity contribution is 5.34. The molecule has 0 fully saturated rings. The van der Waals surface area contributed by atoms with Gasteiger partial charge in [-0.15, -0.1) is 0 Å². The smallest absolute Gasteiger partial charge is 0.170 e. The van der Waals surface area contributed by atoms with Crippen LogP contribution in [0, 0.1) is 5.92 Å². The molecule has 6 heteroatoms. The average Bonchev–Trinajstić information content (AvgIpc) is 2.01. The monoisotopic (exact) mass is 215 g/mol. The molecular weight excluding hydrogens is 210 g/mol. The van der Waals surface area contributed by atoms with Crippen LogP contribution < -0.4 is 0 Å². The molecule has 0 aliphatic heterocycles. The van der Waals surface area contributed by atoms with Gasteiger partial charge in [0.25, 0.3) is 0 Å². The molecule has 1 radical (unpaired) electrons. The van der Waals surface area contributed by atoms with Crippen molar-refractivity contribution in [2.24, 2.45) is 0 Å². The SMILES string of the molecule is FC(F)(F)[C]1C=CC=C(C(F)(F)F)C1. The van der Waals surface area contributed by atoms with Gasteiger partial charge >= 0.3 is 12.4 Å². The number of allylic oxidation sites excluding steroid dienone is 4. The standard InChI is InChI=1S/C8H5F6/c9-7(10,11)5-2-1-3-6(4-5)8(12,13)14/h1-3H,4H2. The van der Waals surface area contributed by atoms with Gasteiger partial charge in [-0.1, -0.05) is 18.2 Å². The molecule has 0 heterocycles. The molecular formula is C8H5F6. The van der Waals surface area contributed by atoms with Crippen molar-refractivity contribution in [3.8, 4) is 0 Å². The van der Waals surface area contributed by atoms with Crippen LogP contribution in [0.2, 0.25) is 0 Å². The Bertz CT molecular complexity index is 267. The second kappa shape index (κ2) is 3.33. The number of halogens is 6. The van der Waals surface area contributed by atoms with Crippen molar-refractivity contribution < 1.29 is 26.3 Å². The van der Waals surface area contributed by atoms with Crippen LogP contribution >= 0.6 is 0 Å². The summed E-state index contributed by atoms with van der Waals surface area (Å²) in [5.74, 6) is -1.17. The Balaban J connectivity index is 2.80. The molecule has 0 N–H and O–H groups in total. The van der Waals surface area contributed by atoms with Gasteiger partial charge in [-0.25, -0.2) is 0 Å². The third-order valence-corrected chi connectivity index (χ3v) is 1.70. The van der Waals surface area contributed by atoms with E-state index in [4.69, 9.17) is 0 Å². The topological polar surface area (TPSA) is 0 Å². The zero-order valence-electron chi connectivity index (χ0n) is 6.71. The fourth-order valence-corrected chi connectivity index (χ4v) is 0.993. The molecule has 0 saturated carbocycles. The van der Waals surface area contributed by atoms with E-state index in [9.17, 15) is 26.3 Å². The minimum Gasteiger partial charge on any atom is -0.170 e. The van der Waals surface area contributed by atoms with Gasteiger partial charge in [0.15, 0.2) is 0 Å². The number of hydrogen-bond acceptors (Lipinski definition) is 0. The van der Waals surface area contributed by atoms with Crippen LogP contribution in [0.3, 0.4) is 0 Å². The van der Waals surface area contributed by atoms with Gasteiger partial charge in [0.1, 0.15) is 5.92 Å². The van der Waals surface area contributed by atoms with Crippen molar-refractivity contribution >= 4 is 0 Å². The van der Waals surface area contributed by atoms with Crippen molar-refractivity contribution in [1.29, 1.82) is 0 Å². The van der Waals surface area contributed by atoms with Crippen molar-refractivity contribution in [2.45, 2.75) is 18.8 Å². The molecule has 1 aliphatic carbocycles. The van der Waals surface area contributed by atoms with Gasteiger partial charge in [-0.05, 0) is 6.42 Å². The highest BCUT2D eigenvalue weighted by Gasteiger charge is 2.44. The third kappa shape index (κ3) is 2.52. The molecule has 0 aromatic carbocycles. The fraction of sp³-hybridized carbons (Fsp3) is 0.375. The summed E-state index contributed by atoms with van der Waals surface area (Å²) in [4.78, 5) is 0. The fourth-order valence-electron chi connectivity index (χ4n) is 0.993. The van der Waals surface area contributed by atoms with E-state index in [1.54, 1.807) is 0 Å². The summed E-state index contributed by atoms with van der Waals surface area (Å²) in [6, 6.07) is 0. The van der Waals surface area contributed by atoms with E-state index in [0.29, 0.717) is 12.2 Å². The first-order valence-corrected chi connectivity index (χ1v) is 3.59. The Morgan fingerprint density at radius 2 is 1.50 bits per heavy atom. The lowest BCUT2D eigenvalue weighted by Gasteiger charge is -2.21. The van der Waals surface area contributed by atoms with Crippen molar-refractivity contribution in [2.75, 3.05) is 0 Å². The van der Waals surface area contributed by atoms with E-state index in [0.717, 1.165) is 6.08 Å². The molecule has 0 unspecified atom stereocenters. The summed E-state index contributed by atoms with van der Waals surface area (Å²) in [5, 5.41) is 0. The van der Waals surface area contributed by atoms with Crippen LogP contribution in [0.4, 0.5) is 26.3 Å². The van der Waals surface area contributed by atoms with E-state index in [2.05, 4.69) is 0 Å². The Hall–Kier alpha value is -0.940. The second-order valence-corrected chi connectivity index (χ2v) is 2.75. The summed E-state index contributed by atoms with van der Waals surface area (Å²) in [6.45, 7) is 0. The van der Waals surface area contributed by atoms with Gasteiger partial charge in [0.05, 0.1) is 0 Å². The zero-order chi connectivity index (χ0) is 11.0. The molecule has 1 rings (SSSR count). The van der Waals surface area contributed by atoms with E-state index >= 15 is 0 Å². The number of rotatable bonds is 0. The molecule has 0 aromatic heterocycles. The molecule has 1 aliphatic rings. The Morgan fingerprint density at radius 3 is 1.93 bits per heavy atom. The normalized spacial score (nSPS) is 19.7. The number of hydrogen-bond donors (Lipinski definition) is 0. The zero-order valence-corrected chi connectivity index (χ0v) is 6.71. The van der Waals surface area contributed by atoms with E-state index in [-0.39, 0.29) is 0 Å². The minimum atomic E-state index is -4.69. The number of alkyl halides is 6. The first kappa shape index (κ1) is 11.1. The largest absolute Gasteiger partial charge is 0.412 e. The molecule has 0 nitrogen and oxygen atoms in total. The van der Waals surface area contributed by atoms with Gasteiger partial charge < -0.3 is 0 Å². The first-order valence-electron chi connectivity index (χ1n) is 3.59. The van der Waals surface area contributed by atoms with Crippen LogP contribution in [0.15, 0.2) is 23.8 Å². The Morgan fingerprint density at radius 1 is 0.929 bits per heavy atom. The molecule has 0 atom stereocenters. The molecule has 0 saturated heterocycles. The summed E-state index contributed by atoms with van der Waals surface area (Å²) in [6.07, 6.45) is -8.44. The van der Waals surface area contributed by atoms with Crippen LogP contribution in [0.1, 0.15) is 6.42 Å². The van der Waals surface area contributed by atoms with Crippen LogP contribution in [0.5, 0.6) is 0 Å². The van der Waals surface area contributed by atoms with Gasteiger partial charge in [0, 0.05) is 5.57 Å². The lowest BCUT2D eigenvalue weighted by Crippen LogP contribution is -2.24. The lowest BCUT2D eigenvalue weighted by atomic mass is 9.93. The molecule has 0 spiro atoms. The quantitative estimate of drug-likeness (QED) is 0.542. The maximum absolute atomic E-state index is 12.0. The van der Waals surface area contributed by atoms with Gasteiger partial charge in [-0.3, -0.25) is 0 Å². The third-order valence-electron chi connectivity index (χ3n) is 1.70. The average molecular weight is 215 g/mol. The highest BCUT2D eigenvalue weighted by atomic mass is 19.4. The van der Waals surface area contributed by atoms with Crippen molar-refractivity contribution in [3.63, 3.8) is 0 Å². The summed E-state index contributed by atoms with van der Waals surface area (Å²) >= 11 is 0. The van der Waals surface area contributed by atoms with Gasteiger partial charge in [-0.2, -0.15) is 26.3 Å². The van der Waals surface area contributed by atoms with Crippen molar-refractivity contribution in [1.82, 2.24) is 0 Å². The van der Waals surface area contributed by atoms with Crippen LogP contribution in [0.25, 0.3) is 0 Å². The lowest BCUT2D eigenvalue weighted by molar-refractivity contribution is -0.117. The second-order valence-electron chi connectivity index (χ2n) is 2.75. The van der Waals surface area contributed by atoms with E-state index in [1.807, 2.05) is 0 Å². The maximum Gasteiger partial charge on any atom is 0.412 e. The van der Waals surface area contributed by atoms with Crippen molar-refractivity contribution in [3.05, 3.63) is 29.7 Å². The van der Waals surface area contributed by atoms with Gasteiger partial charge in [0.2, 0.25) is 0 Å². The highest BCUT2D eigenvalue weighted by Crippen LogP contribution is 2.41.